The number of benzene rings is 1. The first-order chi connectivity index (χ1) is 10.8. The molecule has 0 saturated carbocycles. The molecule has 0 radical (unpaired) electrons. The average molecular weight is 350 g/mol. The van der Waals surface area contributed by atoms with Gasteiger partial charge in [-0.1, -0.05) is 35.2 Å². The van der Waals surface area contributed by atoms with Gasteiger partial charge in [-0.05, 0) is 12.1 Å². The van der Waals surface area contributed by atoms with Gasteiger partial charge >= 0.3 is 0 Å². The van der Waals surface area contributed by atoms with Crippen LogP contribution < -0.4 is 10.1 Å². The molecule has 0 saturated heterocycles. The standard InChI is InChI=1S/C14H14N4OS3/c1-15-13-17-18-14(22-13)21-8-10-7-20-12(16-10)9-4-3-5-11(6-9)19-2/h3-7H,8H2,1-2H3,(H,15,17). The fraction of sp³-hybridized carbons (Fsp3) is 0.214. The molecule has 0 amide bonds. The number of thioether (sulfide) groups is 1. The zero-order valence-corrected chi connectivity index (χ0v) is 14.5. The van der Waals surface area contributed by atoms with Crippen LogP contribution in [-0.4, -0.2) is 29.3 Å². The third-order valence-corrected chi connectivity index (χ3v) is 5.88. The van der Waals surface area contributed by atoms with Crippen LogP contribution in [0.4, 0.5) is 5.13 Å². The molecule has 2 heterocycles. The second kappa shape index (κ2) is 7.08. The first kappa shape index (κ1) is 15.3. The zero-order valence-electron chi connectivity index (χ0n) is 12.1. The lowest BCUT2D eigenvalue weighted by Crippen LogP contribution is -1.85. The lowest BCUT2D eigenvalue weighted by Gasteiger charge is -2.01. The van der Waals surface area contributed by atoms with Crippen molar-refractivity contribution in [3.63, 3.8) is 0 Å². The van der Waals surface area contributed by atoms with E-state index >= 15 is 0 Å². The number of anilines is 1. The van der Waals surface area contributed by atoms with Crippen molar-refractivity contribution in [2.45, 2.75) is 10.1 Å². The number of nitrogens with one attached hydrogen (secondary N) is 1. The number of ether oxygens (including phenoxy) is 1. The van der Waals surface area contributed by atoms with Crippen molar-refractivity contribution in [3.8, 4) is 16.3 Å². The van der Waals surface area contributed by atoms with Crippen LogP contribution in [0.15, 0.2) is 34.0 Å². The van der Waals surface area contributed by atoms with Crippen LogP contribution in [0, 0.1) is 0 Å². The Bertz CT molecular complexity index is 756. The monoisotopic (exact) mass is 350 g/mol. The first-order valence-corrected chi connectivity index (χ1v) is 9.19. The van der Waals surface area contributed by atoms with Crippen molar-refractivity contribution in [2.75, 3.05) is 19.5 Å². The maximum Gasteiger partial charge on any atom is 0.206 e. The van der Waals surface area contributed by atoms with Gasteiger partial charge in [0.15, 0.2) is 4.34 Å². The quantitative estimate of drug-likeness (QED) is 0.678. The van der Waals surface area contributed by atoms with Gasteiger partial charge in [-0.3, -0.25) is 0 Å². The molecule has 0 unspecified atom stereocenters. The molecule has 2 aromatic heterocycles. The minimum Gasteiger partial charge on any atom is -0.497 e. The Balaban J connectivity index is 1.68. The summed E-state index contributed by atoms with van der Waals surface area (Å²) in [4.78, 5) is 4.68. The first-order valence-electron chi connectivity index (χ1n) is 6.51. The maximum absolute atomic E-state index is 5.25. The van der Waals surface area contributed by atoms with E-state index in [4.69, 9.17) is 4.74 Å². The lowest BCUT2D eigenvalue weighted by molar-refractivity contribution is 0.415. The molecule has 22 heavy (non-hydrogen) atoms. The minimum atomic E-state index is 0.790. The Kier molecular flexibility index (Phi) is 4.91. The number of methoxy groups -OCH3 is 1. The van der Waals surface area contributed by atoms with Crippen LogP contribution >= 0.6 is 34.4 Å². The highest BCUT2D eigenvalue weighted by Crippen LogP contribution is 2.31. The summed E-state index contributed by atoms with van der Waals surface area (Å²) in [5, 5.41) is 15.0. The van der Waals surface area contributed by atoms with E-state index in [2.05, 4.69) is 25.9 Å². The Morgan fingerprint density at radius 1 is 1.32 bits per heavy atom. The summed E-state index contributed by atoms with van der Waals surface area (Å²) in [6.07, 6.45) is 0. The predicted octanol–water partition coefficient (Wildman–Crippen LogP) is 4.00. The van der Waals surface area contributed by atoms with Crippen molar-refractivity contribution in [3.05, 3.63) is 35.3 Å². The van der Waals surface area contributed by atoms with Crippen LogP contribution in [0.2, 0.25) is 0 Å². The molecule has 114 valence electrons. The molecular formula is C14H14N4OS3. The number of aromatic nitrogens is 3. The number of rotatable bonds is 6. The van der Waals surface area contributed by atoms with Gasteiger partial charge in [0.05, 0.1) is 12.8 Å². The molecule has 3 aromatic rings. The van der Waals surface area contributed by atoms with Gasteiger partial charge in [0.25, 0.3) is 0 Å². The maximum atomic E-state index is 5.25. The van der Waals surface area contributed by atoms with Crippen LogP contribution in [0.25, 0.3) is 10.6 Å². The molecule has 1 aromatic carbocycles. The highest BCUT2D eigenvalue weighted by atomic mass is 32.2. The van der Waals surface area contributed by atoms with Gasteiger partial charge in [0.1, 0.15) is 10.8 Å². The molecule has 5 nitrogen and oxygen atoms in total. The third kappa shape index (κ3) is 3.57. The fourth-order valence-electron chi connectivity index (χ4n) is 1.77. The average Bonchev–Trinajstić information content (AvgIpc) is 3.22. The molecule has 0 bridgehead atoms. The second-order valence-corrected chi connectivity index (χ2v) is 7.35. The SMILES string of the molecule is CNc1nnc(SCc2csc(-c3cccc(OC)c3)n2)s1. The van der Waals surface area contributed by atoms with Crippen molar-refractivity contribution in [1.82, 2.24) is 15.2 Å². The van der Waals surface area contributed by atoms with E-state index in [1.165, 1.54) is 0 Å². The lowest BCUT2D eigenvalue weighted by atomic mass is 10.2. The van der Waals surface area contributed by atoms with E-state index in [1.54, 1.807) is 41.5 Å². The normalized spacial score (nSPS) is 10.6. The van der Waals surface area contributed by atoms with E-state index in [9.17, 15) is 0 Å². The zero-order chi connectivity index (χ0) is 15.4. The van der Waals surface area contributed by atoms with Crippen LogP contribution in [0.3, 0.4) is 0 Å². The molecule has 8 heteroatoms. The van der Waals surface area contributed by atoms with E-state index in [0.717, 1.165) is 37.2 Å². The molecule has 0 fully saturated rings. The summed E-state index contributed by atoms with van der Waals surface area (Å²) in [5.41, 5.74) is 2.13. The van der Waals surface area contributed by atoms with Crippen molar-refractivity contribution < 1.29 is 4.74 Å². The Hall–Kier alpha value is -1.64. The van der Waals surface area contributed by atoms with Crippen LogP contribution in [-0.2, 0) is 5.75 Å². The molecule has 0 aliphatic rings. The summed E-state index contributed by atoms with van der Waals surface area (Å²) < 4.78 is 6.20. The van der Waals surface area contributed by atoms with Gasteiger partial charge in [-0.25, -0.2) is 4.98 Å². The topological polar surface area (TPSA) is 59.9 Å². The summed E-state index contributed by atoms with van der Waals surface area (Å²) >= 11 is 4.84. The Morgan fingerprint density at radius 2 is 2.23 bits per heavy atom. The molecule has 1 N–H and O–H groups in total. The number of hydrogen-bond donors (Lipinski definition) is 1. The fourth-order valence-corrected chi connectivity index (χ4v) is 4.29. The van der Waals surface area contributed by atoms with E-state index in [-0.39, 0.29) is 0 Å². The third-order valence-electron chi connectivity index (χ3n) is 2.83. The van der Waals surface area contributed by atoms with Crippen LogP contribution in [0.5, 0.6) is 5.75 Å². The molecule has 0 spiro atoms. The van der Waals surface area contributed by atoms with Gasteiger partial charge in [0, 0.05) is 23.7 Å². The van der Waals surface area contributed by atoms with E-state index in [0.29, 0.717) is 0 Å². The van der Waals surface area contributed by atoms with Crippen molar-refractivity contribution in [1.29, 1.82) is 0 Å². The van der Waals surface area contributed by atoms with Gasteiger partial charge < -0.3 is 10.1 Å². The molecule has 0 atom stereocenters. The smallest absolute Gasteiger partial charge is 0.206 e. The summed E-state index contributed by atoms with van der Waals surface area (Å²) in [6.45, 7) is 0. The summed E-state index contributed by atoms with van der Waals surface area (Å²) in [7, 11) is 3.51. The largest absolute Gasteiger partial charge is 0.497 e. The Labute approximate surface area is 140 Å². The number of thiazole rings is 1. The van der Waals surface area contributed by atoms with E-state index in [1.807, 2.05) is 31.3 Å². The molecule has 0 aliphatic carbocycles. The van der Waals surface area contributed by atoms with Crippen molar-refractivity contribution >= 4 is 39.6 Å². The summed E-state index contributed by atoms with van der Waals surface area (Å²) in [5.74, 6) is 1.64. The van der Waals surface area contributed by atoms with Gasteiger partial charge in [0.2, 0.25) is 5.13 Å². The minimum absolute atomic E-state index is 0.790. The number of hydrogen-bond acceptors (Lipinski definition) is 8. The molecule has 0 aliphatic heterocycles. The second-order valence-electron chi connectivity index (χ2n) is 4.29. The van der Waals surface area contributed by atoms with E-state index < -0.39 is 0 Å². The summed E-state index contributed by atoms with van der Waals surface area (Å²) in [6, 6.07) is 7.95. The molecular weight excluding hydrogens is 336 g/mol. The van der Waals surface area contributed by atoms with Gasteiger partial charge in [-0.2, -0.15) is 0 Å². The highest BCUT2D eigenvalue weighted by molar-refractivity contribution is 8.00. The number of nitrogens with zero attached hydrogens (tertiary/aromatic N) is 3. The van der Waals surface area contributed by atoms with Crippen molar-refractivity contribution in [2.24, 2.45) is 0 Å². The Morgan fingerprint density at radius 3 is 3.00 bits per heavy atom. The highest BCUT2D eigenvalue weighted by Gasteiger charge is 2.08. The van der Waals surface area contributed by atoms with Gasteiger partial charge in [-0.15, -0.1) is 21.5 Å². The predicted molar refractivity (Wildman–Crippen MR) is 93.1 cm³/mol. The molecule has 3 rings (SSSR count). The van der Waals surface area contributed by atoms with Crippen LogP contribution in [0.1, 0.15) is 5.69 Å².